The number of hydrazine groups is 1. The number of carboxylic acid groups (broad SMARTS) is 1. The number of rotatable bonds is 1. The molecule has 1 aromatic rings. The van der Waals surface area contributed by atoms with Crippen LogP contribution in [0.25, 0.3) is 0 Å². The first-order chi connectivity index (χ1) is 8.20. The zero-order chi connectivity index (χ0) is 14.3. The molecule has 1 rings (SSSR count). The first-order valence-electron chi connectivity index (χ1n) is 4.56. The number of carboxylic acids is 1. The number of aliphatic carboxylic acids is 1. The van der Waals surface area contributed by atoms with Gasteiger partial charge in [0.1, 0.15) is 4.99 Å². The Hall–Kier alpha value is -1.67. The van der Waals surface area contributed by atoms with Gasteiger partial charge < -0.3 is 10.5 Å². The molecule has 0 fully saturated rings. The molecular weight excluding hydrogens is 269 g/mol. The third kappa shape index (κ3) is 5.60. The van der Waals surface area contributed by atoms with Crippen LogP contribution in [0.3, 0.4) is 0 Å². The molecular formula is C10H11F3N2O2S. The topological polar surface area (TPSA) is 75.3 Å². The van der Waals surface area contributed by atoms with Crippen LogP contribution < -0.4 is 11.3 Å². The van der Waals surface area contributed by atoms with Crippen LogP contribution in [0.5, 0.6) is 0 Å². The van der Waals surface area contributed by atoms with E-state index in [1.165, 1.54) is 0 Å². The minimum absolute atomic E-state index is 0.586. The van der Waals surface area contributed by atoms with Crippen molar-refractivity contribution < 1.29 is 23.1 Å². The van der Waals surface area contributed by atoms with Crippen LogP contribution in [0, 0.1) is 6.92 Å². The average Bonchev–Trinajstić information content (AvgIpc) is 2.28. The monoisotopic (exact) mass is 280 g/mol. The van der Waals surface area contributed by atoms with Gasteiger partial charge in [-0.15, -0.1) is 0 Å². The van der Waals surface area contributed by atoms with Gasteiger partial charge in [-0.2, -0.15) is 13.2 Å². The molecule has 0 atom stereocenters. The van der Waals surface area contributed by atoms with Gasteiger partial charge in [-0.05, 0) is 12.5 Å². The summed E-state index contributed by atoms with van der Waals surface area (Å²) in [4.78, 5) is 9.48. The molecule has 4 N–H and O–H groups in total. The fraction of sp³-hybridized carbons (Fsp3) is 0.200. The Balaban J connectivity index is 0.000000360. The lowest BCUT2D eigenvalue weighted by Gasteiger charge is -2.04. The number of thiocarbonyl (C=S) groups is 1. The second-order valence-electron chi connectivity index (χ2n) is 3.09. The molecule has 0 aliphatic rings. The first kappa shape index (κ1) is 16.3. The fourth-order valence-electron chi connectivity index (χ4n) is 0.905. The summed E-state index contributed by atoms with van der Waals surface area (Å²) < 4.78 is 31.7. The van der Waals surface area contributed by atoms with Crippen LogP contribution in [0.1, 0.15) is 11.1 Å². The number of nitrogens with two attached hydrogens (primary N) is 1. The van der Waals surface area contributed by atoms with Crippen molar-refractivity contribution in [1.29, 1.82) is 0 Å². The Morgan fingerprint density at radius 1 is 1.39 bits per heavy atom. The summed E-state index contributed by atoms with van der Waals surface area (Å²) in [5, 5.41) is 7.12. The predicted molar refractivity (Wildman–Crippen MR) is 63.9 cm³/mol. The van der Waals surface area contributed by atoms with E-state index in [9.17, 15) is 13.2 Å². The molecule has 0 saturated carbocycles. The van der Waals surface area contributed by atoms with Crippen molar-refractivity contribution in [2.75, 3.05) is 0 Å². The molecule has 0 saturated heterocycles. The van der Waals surface area contributed by atoms with Crippen LogP contribution in [0.15, 0.2) is 24.3 Å². The molecule has 4 nitrogen and oxygen atoms in total. The Morgan fingerprint density at radius 2 is 1.83 bits per heavy atom. The minimum Gasteiger partial charge on any atom is -0.475 e. The van der Waals surface area contributed by atoms with E-state index >= 15 is 0 Å². The summed E-state index contributed by atoms with van der Waals surface area (Å²) >= 11 is 4.97. The normalized spacial score (nSPS) is 10.1. The highest BCUT2D eigenvalue weighted by atomic mass is 32.1. The number of hydrogen-bond acceptors (Lipinski definition) is 3. The highest BCUT2D eigenvalue weighted by Gasteiger charge is 2.38. The van der Waals surface area contributed by atoms with Crippen molar-refractivity contribution in [3.8, 4) is 0 Å². The maximum atomic E-state index is 10.6. The second kappa shape index (κ2) is 6.92. The SMILES string of the molecule is Cc1ccccc1C(=S)NN.O=C(O)C(F)(F)F. The molecule has 0 heterocycles. The number of hydrogen-bond donors (Lipinski definition) is 3. The molecule has 0 aromatic heterocycles. The Labute approximate surface area is 107 Å². The molecule has 0 aliphatic carbocycles. The van der Waals surface area contributed by atoms with Crippen molar-refractivity contribution in [3.63, 3.8) is 0 Å². The third-order valence-corrected chi connectivity index (χ3v) is 2.10. The summed E-state index contributed by atoms with van der Waals surface area (Å²) in [5.74, 6) is 2.42. The molecule has 0 bridgehead atoms. The Bertz CT molecular complexity index is 435. The lowest BCUT2D eigenvalue weighted by molar-refractivity contribution is -0.192. The van der Waals surface area contributed by atoms with Gasteiger partial charge in [-0.25, -0.2) is 10.6 Å². The number of carbonyl (C=O) groups is 1. The van der Waals surface area contributed by atoms with E-state index in [1.807, 2.05) is 31.2 Å². The van der Waals surface area contributed by atoms with Gasteiger partial charge in [0.25, 0.3) is 0 Å². The van der Waals surface area contributed by atoms with Gasteiger partial charge in [-0.1, -0.05) is 36.5 Å². The molecule has 0 spiro atoms. The van der Waals surface area contributed by atoms with Gasteiger partial charge in [0.05, 0.1) is 0 Å². The van der Waals surface area contributed by atoms with Gasteiger partial charge in [0, 0.05) is 5.56 Å². The summed E-state index contributed by atoms with van der Waals surface area (Å²) in [6.45, 7) is 2.00. The molecule has 0 amide bonds. The van der Waals surface area contributed by atoms with E-state index in [0.29, 0.717) is 4.99 Å². The zero-order valence-corrected chi connectivity index (χ0v) is 10.1. The van der Waals surface area contributed by atoms with Gasteiger partial charge in [0.2, 0.25) is 0 Å². The predicted octanol–water partition coefficient (Wildman–Crippen LogP) is 1.77. The average molecular weight is 280 g/mol. The smallest absolute Gasteiger partial charge is 0.475 e. The van der Waals surface area contributed by atoms with Gasteiger partial charge in [-0.3, -0.25) is 0 Å². The maximum Gasteiger partial charge on any atom is 0.490 e. The highest BCUT2D eigenvalue weighted by molar-refractivity contribution is 7.80. The zero-order valence-electron chi connectivity index (χ0n) is 9.28. The molecule has 0 radical (unpaired) electrons. The van der Waals surface area contributed by atoms with Gasteiger partial charge in [0.15, 0.2) is 0 Å². The largest absolute Gasteiger partial charge is 0.490 e. The van der Waals surface area contributed by atoms with Crippen LogP contribution in [0.4, 0.5) is 13.2 Å². The van der Waals surface area contributed by atoms with Crippen LogP contribution >= 0.6 is 12.2 Å². The van der Waals surface area contributed by atoms with Crippen LogP contribution in [0.2, 0.25) is 0 Å². The number of aryl methyl sites for hydroxylation is 1. The third-order valence-electron chi connectivity index (χ3n) is 1.76. The molecule has 0 aliphatic heterocycles. The van der Waals surface area contributed by atoms with Gasteiger partial charge >= 0.3 is 12.1 Å². The maximum absolute atomic E-state index is 10.6. The lowest BCUT2D eigenvalue weighted by Crippen LogP contribution is -2.29. The van der Waals surface area contributed by atoms with Crippen molar-refractivity contribution in [1.82, 2.24) is 5.43 Å². The summed E-state index contributed by atoms with van der Waals surface area (Å²) in [7, 11) is 0. The number of nitrogens with one attached hydrogen (secondary N) is 1. The molecule has 0 unspecified atom stereocenters. The number of benzene rings is 1. The van der Waals surface area contributed by atoms with Crippen LogP contribution in [-0.4, -0.2) is 22.2 Å². The first-order valence-corrected chi connectivity index (χ1v) is 4.97. The summed E-state index contributed by atoms with van der Waals surface area (Å²) in [5.41, 5.74) is 4.58. The fourth-order valence-corrected chi connectivity index (χ4v) is 1.13. The van der Waals surface area contributed by atoms with E-state index in [0.717, 1.165) is 11.1 Å². The van der Waals surface area contributed by atoms with E-state index < -0.39 is 12.1 Å². The molecule has 8 heteroatoms. The molecule has 18 heavy (non-hydrogen) atoms. The summed E-state index contributed by atoms with van der Waals surface area (Å²) in [6, 6.07) is 7.85. The van der Waals surface area contributed by atoms with Crippen molar-refractivity contribution >= 4 is 23.2 Å². The number of alkyl halides is 3. The molecule has 100 valence electrons. The van der Waals surface area contributed by atoms with E-state index in [2.05, 4.69) is 5.43 Å². The quantitative estimate of drug-likeness (QED) is 0.415. The van der Waals surface area contributed by atoms with Crippen LogP contribution in [-0.2, 0) is 4.79 Å². The van der Waals surface area contributed by atoms with E-state index in [1.54, 1.807) is 0 Å². The minimum atomic E-state index is -5.08. The Kier molecular flexibility index (Phi) is 6.28. The van der Waals surface area contributed by atoms with Crippen molar-refractivity contribution in [3.05, 3.63) is 35.4 Å². The van der Waals surface area contributed by atoms with Crippen molar-refractivity contribution in [2.24, 2.45) is 5.84 Å². The molecule has 1 aromatic carbocycles. The summed E-state index contributed by atoms with van der Waals surface area (Å²) in [6.07, 6.45) is -5.08. The standard InChI is InChI=1S/C8H10N2S.C2HF3O2/c1-6-4-2-3-5-7(6)8(11)10-9;3-2(4,5)1(6)7/h2-5H,9H2,1H3,(H,10,11);(H,6,7). The number of halogens is 3. The van der Waals surface area contributed by atoms with Crippen molar-refractivity contribution in [2.45, 2.75) is 13.1 Å². The van der Waals surface area contributed by atoms with E-state index in [4.69, 9.17) is 28.0 Å². The van der Waals surface area contributed by atoms with E-state index in [-0.39, 0.29) is 0 Å². The Morgan fingerprint density at radius 3 is 2.17 bits per heavy atom. The second-order valence-corrected chi connectivity index (χ2v) is 3.50. The highest BCUT2D eigenvalue weighted by Crippen LogP contribution is 2.13. The lowest BCUT2D eigenvalue weighted by atomic mass is 10.1.